The van der Waals surface area contributed by atoms with Gasteiger partial charge >= 0.3 is 0 Å². The monoisotopic (exact) mass is 292 g/mol. The fraction of sp³-hybridized carbons (Fsp3) is 0.824. The highest BCUT2D eigenvalue weighted by Crippen LogP contribution is 2.32. The van der Waals surface area contributed by atoms with Crippen LogP contribution < -0.4 is 10.2 Å². The molecule has 0 aromatic carbocycles. The number of nitrogens with one attached hydrogen (secondary N) is 1. The van der Waals surface area contributed by atoms with Crippen molar-refractivity contribution >= 4 is 5.82 Å². The van der Waals surface area contributed by atoms with E-state index in [9.17, 15) is 0 Å². The van der Waals surface area contributed by atoms with Gasteiger partial charge in [0.05, 0.1) is 5.69 Å². The highest BCUT2D eigenvalue weighted by atomic mass is 15.4. The lowest BCUT2D eigenvalue weighted by Gasteiger charge is -2.38. The third-order valence-electron chi connectivity index (χ3n) is 4.90. The van der Waals surface area contributed by atoms with Crippen LogP contribution >= 0.6 is 0 Å². The number of anilines is 1. The van der Waals surface area contributed by atoms with Gasteiger partial charge in [-0.3, -0.25) is 4.68 Å². The molecule has 4 heteroatoms. The van der Waals surface area contributed by atoms with Crippen molar-refractivity contribution < 1.29 is 0 Å². The molecule has 1 N–H and O–H groups in total. The minimum Gasteiger partial charge on any atom is -0.356 e. The molecule has 2 atom stereocenters. The summed E-state index contributed by atoms with van der Waals surface area (Å²) in [6, 6.07) is 1.14. The van der Waals surface area contributed by atoms with Gasteiger partial charge in [0, 0.05) is 38.3 Å². The molecule has 1 aliphatic rings. The van der Waals surface area contributed by atoms with Crippen LogP contribution in [0.15, 0.2) is 0 Å². The van der Waals surface area contributed by atoms with E-state index >= 15 is 0 Å². The van der Waals surface area contributed by atoms with Crippen molar-refractivity contribution in [1.29, 1.82) is 0 Å². The Morgan fingerprint density at radius 1 is 1.33 bits per heavy atom. The van der Waals surface area contributed by atoms with E-state index in [1.165, 1.54) is 37.1 Å². The second-order valence-corrected chi connectivity index (χ2v) is 6.99. The Labute approximate surface area is 129 Å². The Morgan fingerprint density at radius 2 is 2.00 bits per heavy atom. The molecule has 0 amide bonds. The Morgan fingerprint density at radius 3 is 2.62 bits per heavy atom. The van der Waals surface area contributed by atoms with Crippen molar-refractivity contribution in [2.75, 3.05) is 11.9 Å². The average Bonchev–Trinajstić information content (AvgIpc) is 2.70. The van der Waals surface area contributed by atoms with E-state index in [-0.39, 0.29) is 0 Å². The van der Waals surface area contributed by atoms with Crippen LogP contribution in [0.4, 0.5) is 5.82 Å². The van der Waals surface area contributed by atoms with E-state index in [1.54, 1.807) is 0 Å². The SMILES string of the molecule is Cc1nn(C)c(N(C)C2CCCCC2C)c1CNC(C)C. The maximum atomic E-state index is 4.66. The first-order valence-electron chi connectivity index (χ1n) is 8.40. The third-order valence-corrected chi connectivity index (χ3v) is 4.90. The van der Waals surface area contributed by atoms with Crippen LogP contribution in [0.25, 0.3) is 0 Å². The summed E-state index contributed by atoms with van der Waals surface area (Å²) < 4.78 is 2.06. The lowest BCUT2D eigenvalue weighted by molar-refractivity contribution is 0.318. The van der Waals surface area contributed by atoms with Crippen LogP contribution in [-0.4, -0.2) is 28.9 Å². The van der Waals surface area contributed by atoms with E-state index < -0.39 is 0 Å². The van der Waals surface area contributed by atoms with Gasteiger partial charge in [-0.05, 0) is 25.7 Å². The van der Waals surface area contributed by atoms with Gasteiger partial charge in [-0.25, -0.2) is 0 Å². The van der Waals surface area contributed by atoms with E-state index in [2.05, 4.69) is 61.8 Å². The highest BCUT2D eigenvalue weighted by Gasteiger charge is 2.28. The summed E-state index contributed by atoms with van der Waals surface area (Å²) in [4.78, 5) is 2.49. The number of hydrogen-bond donors (Lipinski definition) is 1. The predicted octanol–water partition coefficient (Wildman–Crippen LogP) is 3.24. The summed E-state index contributed by atoms with van der Waals surface area (Å²) in [5.41, 5.74) is 2.50. The van der Waals surface area contributed by atoms with Crippen LogP contribution in [0, 0.1) is 12.8 Å². The molecule has 0 saturated heterocycles. The topological polar surface area (TPSA) is 33.1 Å². The van der Waals surface area contributed by atoms with Crippen LogP contribution in [0.3, 0.4) is 0 Å². The minimum atomic E-state index is 0.497. The fourth-order valence-corrected chi connectivity index (χ4v) is 3.67. The van der Waals surface area contributed by atoms with Gasteiger partial charge in [-0.2, -0.15) is 5.10 Å². The van der Waals surface area contributed by atoms with Crippen LogP contribution in [0.1, 0.15) is 57.7 Å². The first kappa shape index (κ1) is 16.3. The largest absolute Gasteiger partial charge is 0.356 e. The van der Waals surface area contributed by atoms with Crippen molar-refractivity contribution in [1.82, 2.24) is 15.1 Å². The highest BCUT2D eigenvalue weighted by molar-refractivity contribution is 5.50. The second kappa shape index (κ2) is 6.82. The molecule has 1 saturated carbocycles. The first-order chi connectivity index (χ1) is 9.91. The molecule has 4 nitrogen and oxygen atoms in total. The predicted molar refractivity (Wildman–Crippen MR) is 89.7 cm³/mol. The van der Waals surface area contributed by atoms with Crippen molar-refractivity contribution in [3.8, 4) is 0 Å². The molecule has 0 bridgehead atoms. The van der Waals surface area contributed by atoms with Crippen molar-refractivity contribution in [2.45, 2.75) is 72.0 Å². The molecule has 1 aliphatic carbocycles. The smallest absolute Gasteiger partial charge is 0.131 e. The number of aryl methyl sites for hydroxylation is 2. The van der Waals surface area contributed by atoms with Gasteiger partial charge < -0.3 is 10.2 Å². The molecule has 1 aromatic heterocycles. The zero-order chi connectivity index (χ0) is 15.6. The van der Waals surface area contributed by atoms with Crippen molar-refractivity contribution in [3.63, 3.8) is 0 Å². The zero-order valence-electron chi connectivity index (χ0n) is 14.6. The average molecular weight is 292 g/mol. The van der Waals surface area contributed by atoms with Gasteiger partial charge in [0.15, 0.2) is 0 Å². The van der Waals surface area contributed by atoms with Crippen LogP contribution in [0.2, 0.25) is 0 Å². The lowest BCUT2D eigenvalue weighted by atomic mass is 9.85. The standard InChI is InChI=1S/C17H32N4/c1-12(2)18-11-15-14(4)19-21(6)17(15)20(5)16-10-8-7-9-13(16)3/h12-13,16,18H,7-11H2,1-6H3. The Bertz CT molecular complexity index is 464. The second-order valence-electron chi connectivity index (χ2n) is 6.99. The molecule has 1 fully saturated rings. The molecule has 0 spiro atoms. The van der Waals surface area contributed by atoms with E-state index in [0.717, 1.165) is 18.2 Å². The fourth-order valence-electron chi connectivity index (χ4n) is 3.67. The van der Waals surface area contributed by atoms with Crippen molar-refractivity contribution in [2.24, 2.45) is 13.0 Å². The minimum absolute atomic E-state index is 0.497. The Kier molecular flexibility index (Phi) is 5.31. The van der Waals surface area contributed by atoms with E-state index in [4.69, 9.17) is 0 Å². The molecule has 0 radical (unpaired) electrons. The van der Waals surface area contributed by atoms with Crippen LogP contribution in [0.5, 0.6) is 0 Å². The lowest BCUT2D eigenvalue weighted by Crippen LogP contribution is -2.40. The summed E-state index contributed by atoms with van der Waals surface area (Å²) in [6.45, 7) is 9.81. The molecule has 0 aliphatic heterocycles. The molecular weight excluding hydrogens is 260 g/mol. The molecule has 1 aromatic rings. The molecule has 2 rings (SSSR count). The van der Waals surface area contributed by atoms with E-state index in [0.29, 0.717) is 12.1 Å². The van der Waals surface area contributed by atoms with Gasteiger partial charge in [-0.1, -0.05) is 33.6 Å². The summed E-state index contributed by atoms with van der Waals surface area (Å²) in [7, 11) is 4.33. The first-order valence-corrected chi connectivity index (χ1v) is 8.40. The maximum absolute atomic E-state index is 4.66. The number of hydrogen-bond acceptors (Lipinski definition) is 3. The number of rotatable bonds is 5. The van der Waals surface area contributed by atoms with Gasteiger partial charge in [0.2, 0.25) is 0 Å². The third kappa shape index (κ3) is 3.60. The molecule has 2 unspecified atom stereocenters. The molecule has 21 heavy (non-hydrogen) atoms. The normalized spacial score (nSPS) is 22.8. The summed E-state index contributed by atoms with van der Waals surface area (Å²) in [5.74, 6) is 2.06. The zero-order valence-corrected chi connectivity index (χ0v) is 14.6. The van der Waals surface area contributed by atoms with Gasteiger partial charge in [-0.15, -0.1) is 0 Å². The maximum Gasteiger partial charge on any atom is 0.131 e. The summed E-state index contributed by atoms with van der Waals surface area (Å²) in [6.07, 6.45) is 5.40. The Hall–Kier alpha value is -1.03. The quantitative estimate of drug-likeness (QED) is 0.904. The van der Waals surface area contributed by atoms with E-state index in [1.807, 2.05) is 0 Å². The molecule has 120 valence electrons. The molecule has 1 heterocycles. The summed E-state index contributed by atoms with van der Waals surface area (Å²) in [5, 5.41) is 8.21. The number of nitrogens with zero attached hydrogens (tertiary/aromatic N) is 3. The van der Waals surface area contributed by atoms with Crippen LogP contribution in [-0.2, 0) is 13.6 Å². The Balaban J connectivity index is 2.24. The van der Waals surface area contributed by atoms with Gasteiger partial charge in [0.25, 0.3) is 0 Å². The van der Waals surface area contributed by atoms with Gasteiger partial charge in [0.1, 0.15) is 5.82 Å². The molecular formula is C17H32N4. The summed E-state index contributed by atoms with van der Waals surface area (Å²) >= 11 is 0. The number of aromatic nitrogens is 2. The van der Waals surface area contributed by atoms with Crippen molar-refractivity contribution in [3.05, 3.63) is 11.3 Å².